The smallest absolute Gasteiger partial charge is 0.457 e. The minimum Gasteiger partial charge on any atom is -0.457 e. The van der Waals surface area contributed by atoms with Crippen molar-refractivity contribution in [3.63, 3.8) is 0 Å². The van der Waals surface area contributed by atoms with Crippen molar-refractivity contribution in [3.8, 4) is 28.4 Å². The van der Waals surface area contributed by atoms with Crippen LogP contribution in [-0.4, -0.2) is 32.1 Å². The maximum Gasteiger partial charge on any atom is 0.496 e. The van der Waals surface area contributed by atoms with Gasteiger partial charge in [-0.3, -0.25) is 9.55 Å². The number of benzene rings is 4. The second-order valence-corrected chi connectivity index (χ2v) is 13.6. The van der Waals surface area contributed by atoms with E-state index in [2.05, 4.69) is 54.5 Å². The van der Waals surface area contributed by atoms with Crippen LogP contribution in [-0.2, 0) is 5.41 Å². The van der Waals surface area contributed by atoms with Crippen molar-refractivity contribution in [2.24, 2.45) is 0 Å². The normalized spacial score (nSPS) is 15.0. The van der Waals surface area contributed by atoms with Gasteiger partial charge >= 0.3 is 6.01 Å². The van der Waals surface area contributed by atoms with Gasteiger partial charge in [0.05, 0.1) is 28.8 Å². The molecule has 6 nitrogen and oxygen atoms in total. The Hall–Kier alpha value is -5.84. The van der Waals surface area contributed by atoms with Crippen molar-refractivity contribution in [2.75, 3.05) is 6.98 Å². The number of aromatic nitrogens is 3. The Morgan fingerprint density at radius 1 is 0.816 bits per heavy atom. The fourth-order valence-corrected chi connectivity index (χ4v) is 6.86. The summed E-state index contributed by atoms with van der Waals surface area (Å²) in [5.41, 5.74) is 7.90. The molecule has 0 saturated heterocycles. The highest BCUT2D eigenvalue weighted by Crippen LogP contribution is 2.41. The molecule has 0 fully saturated rings. The monoisotopic (exact) mass is 648 g/mol. The van der Waals surface area contributed by atoms with E-state index in [1.54, 1.807) is 12.3 Å². The van der Waals surface area contributed by atoms with Gasteiger partial charge in [-0.05, 0) is 95.0 Å². The zero-order chi connectivity index (χ0) is 40.0. The van der Waals surface area contributed by atoms with Crippen molar-refractivity contribution in [2.45, 2.75) is 47.0 Å². The van der Waals surface area contributed by atoms with Crippen LogP contribution in [0.2, 0.25) is 0 Å². The largest absolute Gasteiger partial charge is 0.496 e. The van der Waals surface area contributed by atoms with Crippen LogP contribution in [0.15, 0.2) is 109 Å². The molecule has 4 heterocycles. The first-order valence-corrected chi connectivity index (χ1v) is 16.2. The standard InChI is InChI=1S/C43H39N5O/c1-27-18-28(2)42(29(3)19-27)30-20-32(47-26-46(7)37-10-8-9-11-38(37)47)23-34(21-30)49-33-12-13-35-36-15-16-44-25-40(36)48(39(35)24-33)41-22-31(14-17-45-41)43(4,5)6/h8-25H,1-7H3/q+2/i7D3,8D,9D,10D,11D. The highest BCUT2D eigenvalue weighted by atomic mass is 16.5. The molecule has 49 heavy (non-hydrogen) atoms. The van der Waals surface area contributed by atoms with Crippen LogP contribution in [0, 0.1) is 20.8 Å². The van der Waals surface area contributed by atoms with E-state index in [-0.39, 0.29) is 22.8 Å². The number of nitrogens with zero attached hydrogens (tertiary/aromatic N) is 5. The van der Waals surface area contributed by atoms with E-state index in [9.17, 15) is 0 Å². The van der Waals surface area contributed by atoms with Gasteiger partial charge < -0.3 is 4.74 Å². The molecule has 0 atom stereocenters. The maximum absolute atomic E-state index is 8.87. The molecule has 0 amide bonds. The summed E-state index contributed by atoms with van der Waals surface area (Å²) in [5.74, 6) is 1.70. The predicted octanol–water partition coefficient (Wildman–Crippen LogP) is 10.6. The van der Waals surface area contributed by atoms with Crippen LogP contribution in [0.4, 0.5) is 17.1 Å². The minimum atomic E-state index is -2.78. The van der Waals surface area contributed by atoms with Crippen LogP contribution < -0.4 is 9.31 Å². The van der Waals surface area contributed by atoms with E-state index in [4.69, 9.17) is 19.3 Å². The summed E-state index contributed by atoms with van der Waals surface area (Å²) < 4.78 is 70.1. The van der Waals surface area contributed by atoms with E-state index in [1.807, 2.05) is 75.6 Å². The summed E-state index contributed by atoms with van der Waals surface area (Å²) in [6.07, 6.45) is 5.43. The van der Waals surface area contributed by atoms with Crippen molar-refractivity contribution in [1.82, 2.24) is 19.1 Å². The Balaban J connectivity index is 1.35. The van der Waals surface area contributed by atoms with E-state index in [0.717, 1.165) is 65.6 Å². The average molecular weight is 649 g/mol. The molecule has 6 heteroatoms. The average Bonchev–Trinajstić information content (AvgIpc) is 3.70. The van der Waals surface area contributed by atoms with Gasteiger partial charge in [0.1, 0.15) is 21.4 Å². The molecule has 1 aliphatic rings. The molecule has 0 aliphatic carbocycles. The molecule has 3 aromatic heterocycles. The van der Waals surface area contributed by atoms with Gasteiger partial charge in [0.25, 0.3) is 11.4 Å². The Morgan fingerprint density at radius 2 is 1.59 bits per heavy atom. The van der Waals surface area contributed by atoms with E-state index in [0.29, 0.717) is 17.2 Å². The van der Waals surface area contributed by atoms with Crippen molar-refractivity contribution < 1.29 is 18.9 Å². The Labute approximate surface area is 296 Å². The first kappa shape index (κ1) is 23.5. The van der Waals surface area contributed by atoms with Crippen LogP contribution in [0.5, 0.6) is 11.5 Å². The van der Waals surface area contributed by atoms with Crippen molar-refractivity contribution in [1.29, 1.82) is 0 Å². The van der Waals surface area contributed by atoms with Crippen LogP contribution in [0.3, 0.4) is 0 Å². The number of aryl methyl sites for hydroxylation is 3. The summed E-state index contributed by atoms with van der Waals surface area (Å²) in [6, 6.07) is 22.7. The highest BCUT2D eigenvalue weighted by molar-refractivity contribution is 6.09. The zero-order valence-corrected chi connectivity index (χ0v) is 28.2. The summed E-state index contributed by atoms with van der Waals surface area (Å²) in [5, 5.41) is 2.01. The maximum atomic E-state index is 8.87. The number of pyridine rings is 2. The van der Waals surface area contributed by atoms with Crippen LogP contribution in [0.25, 0.3) is 38.8 Å². The molecule has 7 aromatic rings. The number of hydrogen-bond donors (Lipinski definition) is 0. The van der Waals surface area contributed by atoms with Gasteiger partial charge in [0, 0.05) is 47.4 Å². The molecule has 0 radical (unpaired) electrons. The number of rotatable bonds is 5. The molecule has 4 aromatic carbocycles. The first-order valence-electron chi connectivity index (χ1n) is 19.7. The number of para-hydroxylation sites is 2. The van der Waals surface area contributed by atoms with Crippen molar-refractivity contribution >= 4 is 44.9 Å². The lowest BCUT2D eigenvalue weighted by Gasteiger charge is -2.20. The summed E-state index contributed by atoms with van der Waals surface area (Å²) in [4.78, 5) is 9.23. The quantitative estimate of drug-likeness (QED) is 0.175. The Bertz CT molecular complexity index is 2860. The summed E-state index contributed by atoms with van der Waals surface area (Å²) in [6.45, 7) is 9.81. The van der Waals surface area contributed by atoms with Gasteiger partial charge in [-0.1, -0.05) is 55.1 Å². The summed E-state index contributed by atoms with van der Waals surface area (Å²) in [7, 11) is 0. The molecular weight excluding hydrogens is 603 g/mol. The number of ether oxygens (including phenoxy) is 1. The second kappa shape index (κ2) is 11.4. The van der Waals surface area contributed by atoms with Crippen LogP contribution >= 0.6 is 0 Å². The molecule has 240 valence electrons. The van der Waals surface area contributed by atoms with Gasteiger partial charge in [-0.2, -0.15) is 0 Å². The Kier molecular flexibility index (Phi) is 5.46. The van der Waals surface area contributed by atoms with Crippen molar-refractivity contribution in [3.05, 3.63) is 132 Å². The molecule has 0 spiro atoms. The summed E-state index contributed by atoms with van der Waals surface area (Å²) >= 11 is 0. The predicted molar refractivity (Wildman–Crippen MR) is 200 cm³/mol. The molecule has 8 rings (SSSR count). The van der Waals surface area contributed by atoms with E-state index < -0.39 is 25.1 Å². The van der Waals surface area contributed by atoms with Gasteiger partial charge in [-0.15, -0.1) is 0 Å². The number of fused-ring (bicyclic) bond motifs is 4. The van der Waals surface area contributed by atoms with E-state index in [1.165, 1.54) is 4.58 Å². The van der Waals surface area contributed by atoms with Gasteiger partial charge in [0.2, 0.25) is 5.69 Å². The molecule has 0 bridgehead atoms. The molecular formula is C43H39N5O+2. The Morgan fingerprint density at radius 3 is 2.37 bits per heavy atom. The molecule has 0 N–H and O–H groups in total. The minimum absolute atomic E-state index is 0.0166. The lowest BCUT2D eigenvalue weighted by atomic mass is 9.88. The SMILES string of the molecule is [2H]c1c([2H])c([2H])c2c(c1[2H])[N+](c1cc(Oc3ccc4c5ccncc5n(-c5cc(C(C)(C)C)ccn5)c4c3)cc(-c3c(C)cc(C)cc3C)c1)=C=[N+]2C([2H])([2H])[2H]. The third-order valence-corrected chi connectivity index (χ3v) is 9.03. The zero-order valence-electron chi connectivity index (χ0n) is 35.2. The first-order chi connectivity index (χ1) is 26.4. The van der Waals surface area contributed by atoms with Gasteiger partial charge in [-0.25, -0.2) is 4.98 Å². The topological polar surface area (TPSA) is 46.0 Å². The van der Waals surface area contributed by atoms with Crippen LogP contribution in [0.1, 0.15) is 52.6 Å². The third kappa shape index (κ3) is 5.31. The second-order valence-electron chi connectivity index (χ2n) is 13.6. The lowest BCUT2D eigenvalue weighted by Crippen LogP contribution is -2.12. The molecule has 0 saturated carbocycles. The third-order valence-electron chi connectivity index (χ3n) is 9.03. The fourth-order valence-electron chi connectivity index (χ4n) is 6.86. The van der Waals surface area contributed by atoms with E-state index >= 15 is 0 Å². The highest BCUT2D eigenvalue weighted by Gasteiger charge is 2.33. The number of hydrogen-bond acceptors (Lipinski definition) is 3. The fraction of sp³-hybridized carbons (Fsp3) is 0.186. The lowest BCUT2D eigenvalue weighted by molar-refractivity contribution is -0.394. The molecule has 0 unspecified atom stereocenters. The van der Waals surface area contributed by atoms with Gasteiger partial charge in [0.15, 0.2) is 6.98 Å². The molecule has 1 aliphatic heterocycles.